The molecule has 5 nitrogen and oxygen atoms in total. The highest BCUT2D eigenvalue weighted by Crippen LogP contribution is 2.37. The van der Waals surface area contributed by atoms with Crippen molar-refractivity contribution < 1.29 is 0 Å². The van der Waals surface area contributed by atoms with Gasteiger partial charge in [-0.2, -0.15) is 0 Å². The van der Waals surface area contributed by atoms with Crippen LogP contribution in [0.25, 0.3) is 100 Å². The van der Waals surface area contributed by atoms with Crippen molar-refractivity contribution in [3.05, 3.63) is 200 Å². The van der Waals surface area contributed by atoms with E-state index in [4.69, 9.17) is 15.0 Å². The summed E-state index contributed by atoms with van der Waals surface area (Å²) >= 11 is 0. The topological polar surface area (TPSA) is 48.5 Å². The second-order valence-corrected chi connectivity index (χ2v) is 14.1. The summed E-state index contributed by atoms with van der Waals surface area (Å²) in [4.78, 5) is 15.0. The van der Waals surface area contributed by atoms with Crippen LogP contribution >= 0.6 is 0 Å². The Morgan fingerprint density at radius 2 is 0.589 bits per heavy atom. The molecule has 0 spiro atoms. The first-order chi connectivity index (χ1) is 27.8. The minimum atomic E-state index is 0.630. The zero-order chi connectivity index (χ0) is 37.0. The molecular weight excluding hydrogens is 683 g/mol. The van der Waals surface area contributed by atoms with Gasteiger partial charge in [-0.15, -0.1) is 0 Å². The highest BCUT2D eigenvalue weighted by molar-refractivity contribution is 6.12. The molecule has 0 atom stereocenters. The van der Waals surface area contributed by atoms with Crippen LogP contribution in [0.5, 0.6) is 0 Å². The Balaban J connectivity index is 1.01. The maximum atomic E-state index is 5.04. The van der Waals surface area contributed by atoms with E-state index in [0.717, 1.165) is 44.7 Å². The first-order valence-corrected chi connectivity index (χ1v) is 18.9. The summed E-state index contributed by atoms with van der Waals surface area (Å²) in [6.45, 7) is 0. The van der Waals surface area contributed by atoms with E-state index >= 15 is 0 Å². The molecule has 0 bridgehead atoms. The van der Waals surface area contributed by atoms with Crippen LogP contribution in [0, 0.1) is 0 Å². The van der Waals surface area contributed by atoms with Crippen molar-refractivity contribution in [2.45, 2.75) is 0 Å². The summed E-state index contributed by atoms with van der Waals surface area (Å²) in [6, 6.07) is 70.4. The third-order valence-corrected chi connectivity index (χ3v) is 10.8. The lowest BCUT2D eigenvalue weighted by Gasteiger charge is -2.12. The van der Waals surface area contributed by atoms with E-state index in [9.17, 15) is 0 Å². The van der Waals surface area contributed by atoms with Gasteiger partial charge >= 0.3 is 0 Å². The SMILES string of the molecule is c1ccc(-c2ccc(-c3nc(-c4ccccc4)nc(-c4ccc(-n5c6ccccc6c6cc(-n7c8ccccc8c8ccccc87)ccc65)cc4)n3)cc2)cc1. The van der Waals surface area contributed by atoms with Gasteiger partial charge in [0.25, 0.3) is 0 Å². The third kappa shape index (κ3) is 5.29. The first kappa shape index (κ1) is 31.9. The number of hydrogen-bond donors (Lipinski definition) is 0. The summed E-state index contributed by atoms with van der Waals surface area (Å²) in [7, 11) is 0. The Bertz CT molecular complexity index is 3160. The molecule has 0 aliphatic rings. The minimum absolute atomic E-state index is 0.630. The lowest BCUT2D eigenvalue weighted by molar-refractivity contribution is 1.07. The molecule has 0 saturated carbocycles. The Hall–Kier alpha value is -7.63. The molecule has 0 saturated heterocycles. The molecule has 0 radical (unpaired) electrons. The van der Waals surface area contributed by atoms with Crippen LogP contribution in [0.2, 0.25) is 0 Å². The highest BCUT2D eigenvalue weighted by atomic mass is 15.0. The second-order valence-electron chi connectivity index (χ2n) is 14.1. The maximum Gasteiger partial charge on any atom is 0.164 e. The van der Waals surface area contributed by atoms with Gasteiger partial charge in [-0.1, -0.05) is 140 Å². The summed E-state index contributed by atoms with van der Waals surface area (Å²) in [5, 5.41) is 4.93. The molecule has 56 heavy (non-hydrogen) atoms. The van der Waals surface area contributed by atoms with E-state index < -0.39 is 0 Å². The Labute approximate surface area is 323 Å². The normalized spacial score (nSPS) is 11.6. The van der Waals surface area contributed by atoms with E-state index in [1.807, 2.05) is 36.4 Å². The summed E-state index contributed by atoms with van der Waals surface area (Å²) in [5.74, 6) is 1.91. The number of para-hydroxylation sites is 3. The number of aromatic nitrogens is 5. The second kappa shape index (κ2) is 13.0. The average molecular weight is 716 g/mol. The van der Waals surface area contributed by atoms with E-state index in [-0.39, 0.29) is 0 Å². The van der Waals surface area contributed by atoms with Gasteiger partial charge in [0.1, 0.15) is 0 Å². The van der Waals surface area contributed by atoms with Gasteiger partial charge in [-0.3, -0.25) is 0 Å². The Morgan fingerprint density at radius 3 is 1.12 bits per heavy atom. The van der Waals surface area contributed by atoms with Gasteiger partial charge in [0.05, 0.1) is 22.1 Å². The fourth-order valence-corrected chi connectivity index (χ4v) is 8.13. The van der Waals surface area contributed by atoms with Crippen molar-refractivity contribution in [3.8, 4) is 56.7 Å². The van der Waals surface area contributed by atoms with Crippen LogP contribution in [-0.2, 0) is 0 Å². The monoisotopic (exact) mass is 715 g/mol. The lowest BCUT2D eigenvalue weighted by Crippen LogP contribution is -2.00. The van der Waals surface area contributed by atoms with Crippen LogP contribution in [-0.4, -0.2) is 24.1 Å². The zero-order valence-electron chi connectivity index (χ0n) is 30.3. The quantitative estimate of drug-likeness (QED) is 0.172. The molecule has 8 aromatic carbocycles. The third-order valence-electron chi connectivity index (χ3n) is 10.8. The van der Waals surface area contributed by atoms with Gasteiger partial charge in [-0.25, -0.2) is 15.0 Å². The zero-order valence-corrected chi connectivity index (χ0v) is 30.3. The number of benzene rings is 8. The van der Waals surface area contributed by atoms with Crippen LogP contribution in [0.4, 0.5) is 0 Å². The molecule has 0 fully saturated rings. The van der Waals surface area contributed by atoms with Gasteiger partial charge < -0.3 is 9.13 Å². The molecule has 0 aliphatic carbocycles. The van der Waals surface area contributed by atoms with E-state index in [1.165, 1.54) is 38.1 Å². The molecule has 3 heterocycles. The first-order valence-electron chi connectivity index (χ1n) is 18.9. The van der Waals surface area contributed by atoms with Crippen LogP contribution in [0.3, 0.4) is 0 Å². The summed E-state index contributed by atoms with van der Waals surface area (Å²) in [6.07, 6.45) is 0. The van der Waals surface area contributed by atoms with Gasteiger partial charge in [0, 0.05) is 49.6 Å². The van der Waals surface area contributed by atoms with Crippen LogP contribution in [0.1, 0.15) is 0 Å². The number of rotatable bonds is 6. The smallest absolute Gasteiger partial charge is 0.164 e. The highest BCUT2D eigenvalue weighted by Gasteiger charge is 2.17. The average Bonchev–Trinajstić information content (AvgIpc) is 3.79. The predicted molar refractivity (Wildman–Crippen MR) is 230 cm³/mol. The van der Waals surface area contributed by atoms with Crippen LogP contribution < -0.4 is 0 Å². The number of nitrogens with zero attached hydrogens (tertiary/aromatic N) is 5. The van der Waals surface area contributed by atoms with E-state index in [2.05, 4.69) is 173 Å². The lowest BCUT2D eigenvalue weighted by atomic mass is 10.0. The fourth-order valence-electron chi connectivity index (χ4n) is 8.13. The number of hydrogen-bond acceptors (Lipinski definition) is 3. The maximum absolute atomic E-state index is 5.04. The van der Waals surface area contributed by atoms with Crippen LogP contribution in [0.15, 0.2) is 200 Å². The van der Waals surface area contributed by atoms with E-state index in [0.29, 0.717) is 17.5 Å². The molecule has 0 amide bonds. The van der Waals surface area contributed by atoms with Crippen molar-refractivity contribution >= 4 is 43.6 Å². The van der Waals surface area contributed by atoms with Crippen molar-refractivity contribution in [3.63, 3.8) is 0 Å². The predicted octanol–water partition coefficient (Wildman–Crippen LogP) is 12.7. The van der Waals surface area contributed by atoms with Gasteiger partial charge in [-0.05, 0) is 71.8 Å². The van der Waals surface area contributed by atoms with Crippen molar-refractivity contribution in [1.29, 1.82) is 0 Å². The molecule has 0 N–H and O–H groups in total. The molecular formula is C51H33N5. The standard InChI is InChI=1S/C51H33N5/c1-3-13-34(14-4-1)35-23-25-37(26-24-35)50-52-49(36-15-5-2-6-16-36)53-51(54-50)38-27-29-39(30-28-38)55-47-22-12-9-19-43(47)44-33-40(31-32-48(44)55)56-45-20-10-7-17-41(45)42-18-8-11-21-46(42)56/h1-33H. The molecule has 262 valence electrons. The molecule has 5 heteroatoms. The Kier molecular flexibility index (Phi) is 7.42. The number of fused-ring (bicyclic) bond motifs is 6. The fraction of sp³-hybridized carbons (Fsp3) is 0. The molecule has 0 unspecified atom stereocenters. The van der Waals surface area contributed by atoms with Gasteiger partial charge in [0.2, 0.25) is 0 Å². The summed E-state index contributed by atoms with van der Waals surface area (Å²) < 4.78 is 4.74. The van der Waals surface area contributed by atoms with Crippen molar-refractivity contribution in [2.24, 2.45) is 0 Å². The molecule has 3 aromatic heterocycles. The Morgan fingerprint density at radius 1 is 0.250 bits per heavy atom. The van der Waals surface area contributed by atoms with Crippen molar-refractivity contribution in [1.82, 2.24) is 24.1 Å². The van der Waals surface area contributed by atoms with Crippen molar-refractivity contribution in [2.75, 3.05) is 0 Å². The minimum Gasteiger partial charge on any atom is -0.309 e. The molecule has 11 rings (SSSR count). The molecule has 11 aromatic rings. The summed E-state index contributed by atoms with van der Waals surface area (Å²) in [5.41, 5.74) is 12.0. The largest absolute Gasteiger partial charge is 0.309 e. The van der Waals surface area contributed by atoms with Gasteiger partial charge in [0.15, 0.2) is 17.5 Å². The van der Waals surface area contributed by atoms with E-state index in [1.54, 1.807) is 0 Å². The molecule has 0 aliphatic heterocycles.